The molecule has 0 saturated heterocycles. The molecule has 1 aromatic heterocycles. The molecule has 0 atom stereocenters. The van der Waals surface area contributed by atoms with Gasteiger partial charge in [-0.3, -0.25) is 9.10 Å². The summed E-state index contributed by atoms with van der Waals surface area (Å²) in [7, 11) is -2.55. The first kappa shape index (κ1) is 18.5. The van der Waals surface area contributed by atoms with Gasteiger partial charge in [0.15, 0.2) is 5.82 Å². The van der Waals surface area contributed by atoms with Crippen LogP contribution in [0, 0.1) is 6.92 Å². The normalized spacial score (nSPS) is 11.0. The van der Waals surface area contributed by atoms with Gasteiger partial charge in [0.2, 0.25) is 15.9 Å². The van der Waals surface area contributed by atoms with Crippen LogP contribution in [0.15, 0.2) is 34.9 Å². The summed E-state index contributed by atoms with van der Waals surface area (Å²) in [5.41, 5.74) is 0.332. The van der Waals surface area contributed by atoms with Crippen molar-refractivity contribution in [3.05, 3.63) is 41.7 Å². The molecule has 1 heterocycles. The van der Waals surface area contributed by atoms with Crippen LogP contribution < -0.4 is 9.62 Å². The monoisotopic (exact) mass is 367 g/mol. The summed E-state index contributed by atoms with van der Waals surface area (Å²) in [6, 6.07) is 7.29. The highest BCUT2D eigenvalue weighted by Crippen LogP contribution is 2.20. The Morgan fingerprint density at radius 3 is 2.60 bits per heavy atom. The first-order chi connectivity index (χ1) is 11.7. The molecule has 0 aliphatic rings. The van der Waals surface area contributed by atoms with Crippen molar-refractivity contribution < 1.29 is 27.3 Å². The van der Waals surface area contributed by atoms with Crippen LogP contribution in [-0.4, -0.2) is 45.4 Å². The smallest absolute Gasteiger partial charge is 0.337 e. The lowest BCUT2D eigenvalue weighted by molar-refractivity contribution is -0.114. The first-order valence-electron chi connectivity index (χ1n) is 7.10. The number of hydrogen-bond acceptors (Lipinski definition) is 7. The van der Waals surface area contributed by atoms with Crippen LogP contribution in [0.3, 0.4) is 0 Å². The van der Waals surface area contributed by atoms with Gasteiger partial charge in [0.05, 0.1) is 24.6 Å². The highest BCUT2D eigenvalue weighted by atomic mass is 32.2. The van der Waals surface area contributed by atoms with Gasteiger partial charge in [-0.2, -0.15) is 0 Å². The average Bonchev–Trinajstić information content (AvgIpc) is 2.95. The SMILES string of the molecule is COC(=O)c1cccc(N(CC(=O)Nc2cc(C)on2)S(C)(=O)=O)c1. The Labute approximate surface area is 144 Å². The lowest BCUT2D eigenvalue weighted by atomic mass is 10.2. The van der Waals surface area contributed by atoms with Crippen molar-refractivity contribution in [2.75, 3.05) is 29.5 Å². The molecule has 1 amide bonds. The van der Waals surface area contributed by atoms with Crippen molar-refractivity contribution in [3.63, 3.8) is 0 Å². The summed E-state index contributed by atoms with van der Waals surface area (Å²) in [6.45, 7) is 1.17. The van der Waals surface area contributed by atoms with Crippen LogP contribution in [0.4, 0.5) is 11.5 Å². The first-order valence-corrected chi connectivity index (χ1v) is 8.95. The number of rotatable bonds is 6. The number of nitrogens with one attached hydrogen (secondary N) is 1. The maximum atomic E-state index is 12.1. The Morgan fingerprint density at radius 2 is 2.04 bits per heavy atom. The molecule has 0 fully saturated rings. The minimum absolute atomic E-state index is 0.164. The van der Waals surface area contributed by atoms with Crippen molar-refractivity contribution >= 4 is 33.4 Å². The van der Waals surface area contributed by atoms with Crippen LogP contribution in [-0.2, 0) is 19.6 Å². The number of carbonyl (C=O) groups excluding carboxylic acids is 2. The highest BCUT2D eigenvalue weighted by Gasteiger charge is 2.22. The number of aryl methyl sites for hydroxylation is 1. The topological polar surface area (TPSA) is 119 Å². The molecule has 1 N–H and O–H groups in total. The maximum Gasteiger partial charge on any atom is 0.337 e. The summed E-state index contributed by atoms with van der Waals surface area (Å²) >= 11 is 0. The average molecular weight is 367 g/mol. The van der Waals surface area contributed by atoms with Crippen molar-refractivity contribution in [3.8, 4) is 0 Å². The van der Waals surface area contributed by atoms with E-state index in [1.54, 1.807) is 6.92 Å². The second kappa shape index (κ2) is 7.34. The predicted octanol–water partition coefficient (Wildman–Crippen LogP) is 1.17. The van der Waals surface area contributed by atoms with Crippen molar-refractivity contribution in [1.29, 1.82) is 0 Å². The van der Waals surface area contributed by atoms with E-state index >= 15 is 0 Å². The zero-order chi connectivity index (χ0) is 18.6. The highest BCUT2D eigenvalue weighted by molar-refractivity contribution is 7.92. The number of anilines is 2. The summed E-state index contributed by atoms with van der Waals surface area (Å²) in [6.07, 6.45) is 0.964. The van der Waals surface area contributed by atoms with E-state index in [2.05, 4.69) is 15.2 Å². The van der Waals surface area contributed by atoms with E-state index in [0.29, 0.717) is 5.76 Å². The van der Waals surface area contributed by atoms with E-state index in [1.807, 2.05) is 0 Å². The molecule has 25 heavy (non-hydrogen) atoms. The second-order valence-electron chi connectivity index (χ2n) is 5.18. The van der Waals surface area contributed by atoms with Gasteiger partial charge in [-0.05, 0) is 25.1 Å². The van der Waals surface area contributed by atoms with Gasteiger partial charge in [0.25, 0.3) is 0 Å². The number of benzene rings is 1. The summed E-state index contributed by atoms with van der Waals surface area (Å²) in [4.78, 5) is 23.8. The van der Waals surface area contributed by atoms with Gasteiger partial charge in [-0.25, -0.2) is 13.2 Å². The number of nitrogens with zero attached hydrogens (tertiary/aromatic N) is 2. The molecule has 2 aromatic rings. The molecule has 10 heteroatoms. The van der Waals surface area contributed by atoms with E-state index < -0.39 is 28.4 Å². The second-order valence-corrected chi connectivity index (χ2v) is 7.09. The number of hydrogen-bond donors (Lipinski definition) is 1. The Kier molecular flexibility index (Phi) is 5.42. The summed E-state index contributed by atoms with van der Waals surface area (Å²) in [5.74, 6) is -0.541. The van der Waals surface area contributed by atoms with E-state index in [-0.39, 0.29) is 17.1 Å². The van der Waals surface area contributed by atoms with Crippen LogP contribution in [0.1, 0.15) is 16.1 Å². The number of esters is 1. The standard InChI is InChI=1S/C15H17N3O6S/c1-10-7-13(17-24-10)16-14(19)9-18(25(3,21)22)12-6-4-5-11(8-12)15(20)23-2/h4-8H,9H2,1-3H3,(H,16,17,19). The lowest BCUT2D eigenvalue weighted by Crippen LogP contribution is -2.37. The zero-order valence-corrected chi connectivity index (χ0v) is 14.7. The van der Waals surface area contributed by atoms with Crippen molar-refractivity contribution in [2.45, 2.75) is 6.92 Å². The third kappa shape index (κ3) is 4.80. The van der Waals surface area contributed by atoms with Gasteiger partial charge < -0.3 is 14.6 Å². The van der Waals surface area contributed by atoms with Gasteiger partial charge in [-0.15, -0.1) is 0 Å². The number of aromatic nitrogens is 1. The number of sulfonamides is 1. The maximum absolute atomic E-state index is 12.1. The third-order valence-corrected chi connectivity index (χ3v) is 4.28. The number of methoxy groups -OCH3 is 1. The van der Waals surface area contributed by atoms with E-state index in [4.69, 9.17) is 4.52 Å². The molecule has 134 valence electrons. The fourth-order valence-electron chi connectivity index (χ4n) is 2.04. The molecule has 2 rings (SSSR count). The largest absolute Gasteiger partial charge is 0.465 e. The Morgan fingerprint density at radius 1 is 1.32 bits per heavy atom. The molecule has 9 nitrogen and oxygen atoms in total. The number of carbonyl (C=O) groups is 2. The van der Waals surface area contributed by atoms with Crippen molar-refractivity contribution in [1.82, 2.24) is 5.16 Å². The summed E-state index contributed by atoms with van der Waals surface area (Å²) < 4.78 is 34.5. The minimum atomic E-state index is -3.77. The Hall–Kier alpha value is -2.88. The molecule has 1 aromatic carbocycles. The predicted molar refractivity (Wildman–Crippen MR) is 89.8 cm³/mol. The molecule has 0 saturated carbocycles. The van der Waals surface area contributed by atoms with Gasteiger partial charge in [0, 0.05) is 6.07 Å². The minimum Gasteiger partial charge on any atom is -0.465 e. The number of ether oxygens (including phenoxy) is 1. The molecule has 0 spiro atoms. The molecule has 0 aliphatic heterocycles. The van der Waals surface area contributed by atoms with Gasteiger partial charge in [-0.1, -0.05) is 11.2 Å². The van der Waals surface area contributed by atoms with Gasteiger partial charge in [0.1, 0.15) is 12.3 Å². The van der Waals surface area contributed by atoms with Crippen LogP contribution in [0.25, 0.3) is 0 Å². The zero-order valence-electron chi connectivity index (χ0n) is 13.8. The quantitative estimate of drug-likeness (QED) is 0.761. The molecular formula is C15H17N3O6S. The Balaban J connectivity index is 2.25. The molecular weight excluding hydrogens is 350 g/mol. The Bertz CT molecular complexity index is 890. The molecule has 0 radical (unpaired) electrons. The van der Waals surface area contributed by atoms with Crippen LogP contribution in [0.2, 0.25) is 0 Å². The van der Waals surface area contributed by atoms with E-state index in [9.17, 15) is 18.0 Å². The van der Waals surface area contributed by atoms with E-state index in [1.165, 1.54) is 37.4 Å². The fraction of sp³-hybridized carbons (Fsp3) is 0.267. The lowest BCUT2D eigenvalue weighted by Gasteiger charge is -2.22. The van der Waals surface area contributed by atoms with E-state index in [0.717, 1.165) is 10.6 Å². The van der Waals surface area contributed by atoms with Crippen LogP contribution >= 0.6 is 0 Å². The summed E-state index contributed by atoms with van der Waals surface area (Å²) in [5, 5.41) is 6.05. The van der Waals surface area contributed by atoms with Gasteiger partial charge >= 0.3 is 5.97 Å². The molecule has 0 unspecified atom stereocenters. The molecule has 0 bridgehead atoms. The molecule has 0 aliphatic carbocycles. The fourth-order valence-corrected chi connectivity index (χ4v) is 2.89. The third-order valence-electron chi connectivity index (χ3n) is 3.14. The van der Waals surface area contributed by atoms with Crippen LogP contribution in [0.5, 0.6) is 0 Å². The number of amides is 1. The van der Waals surface area contributed by atoms with Crippen molar-refractivity contribution in [2.24, 2.45) is 0 Å².